The molecule has 0 bridgehead atoms. The van der Waals surface area contributed by atoms with Gasteiger partial charge in [0.25, 0.3) is 0 Å². The van der Waals surface area contributed by atoms with Gasteiger partial charge in [0.05, 0.1) is 17.8 Å². The number of benzene rings is 1. The van der Waals surface area contributed by atoms with E-state index in [0.717, 1.165) is 36.1 Å². The number of nitrogens with one attached hydrogen (secondary N) is 1. The second-order valence-corrected chi connectivity index (χ2v) is 6.91. The summed E-state index contributed by atoms with van der Waals surface area (Å²) >= 11 is 0. The molecule has 1 aliphatic rings. The van der Waals surface area contributed by atoms with E-state index in [0.29, 0.717) is 6.04 Å². The monoisotopic (exact) mass is 331 g/mol. The highest BCUT2D eigenvalue weighted by atomic mass is 15.3. The molecule has 0 saturated carbocycles. The standard InChI is InChI=1S/C20H21N5/c1-2-5-15(6-3-1)13-24-10-4-7-17(14-24)25-19-16(12-23-25)11-22-20-18(19)8-9-21-20/h1-3,5-6,8-9,11-12,17H,4,7,10,13-14H2,(H,21,22). The lowest BCUT2D eigenvalue weighted by Crippen LogP contribution is -2.36. The van der Waals surface area contributed by atoms with Crippen LogP contribution in [-0.2, 0) is 6.54 Å². The van der Waals surface area contributed by atoms with Crippen LogP contribution >= 0.6 is 0 Å². The van der Waals surface area contributed by atoms with Crippen LogP contribution in [0.3, 0.4) is 0 Å². The molecule has 1 N–H and O–H groups in total. The zero-order chi connectivity index (χ0) is 16.6. The van der Waals surface area contributed by atoms with Crippen molar-refractivity contribution in [3.63, 3.8) is 0 Å². The Morgan fingerprint density at radius 3 is 2.96 bits per heavy atom. The minimum atomic E-state index is 0.412. The van der Waals surface area contributed by atoms with Crippen LogP contribution in [0.5, 0.6) is 0 Å². The second kappa shape index (κ2) is 6.01. The first-order chi connectivity index (χ1) is 12.4. The number of hydrogen-bond donors (Lipinski definition) is 1. The molecule has 0 spiro atoms. The van der Waals surface area contributed by atoms with Crippen LogP contribution in [0.25, 0.3) is 21.9 Å². The van der Waals surface area contributed by atoms with E-state index in [1.807, 2.05) is 18.6 Å². The number of rotatable bonds is 3. The molecule has 5 heteroatoms. The maximum Gasteiger partial charge on any atom is 0.139 e. The van der Waals surface area contributed by atoms with Gasteiger partial charge in [-0.3, -0.25) is 9.58 Å². The smallest absolute Gasteiger partial charge is 0.139 e. The van der Waals surface area contributed by atoms with Crippen molar-refractivity contribution in [1.29, 1.82) is 0 Å². The van der Waals surface area contributed by atoms with Crippen molar-refractivity contribution in [2.24, 2.45) is 0 Å². The molecule has 1 aliphatic heterocycles. The minimum absolute atomic E-state index is 0.412. The number of piperidine rings is 1. The van der Waals surface area contributed by atoms with Crippen molar-refractivity contribution in [2.45, 2.75) is 25.4 Å². The zero-order valence-electron chi connectivity index (χ0n) is 14.1. The van der Waals surface area contributed by atoms with Crippen LogP contribution in [0.2, 0.25) is 0 Å². The largest absolute Gasteiger partial charge is 0.346 e. The van der Waals surface area contributed by atoms with Gasteiger partial charge in [-0.15, -0.1) is 0 Å². The Bertz CT molecular complexity index is 1000. The molecule has 1 fully saturated rings. The van der Waals surface area contributed by atoms with Gasteiger partial charge in [0.15, 0.2) is 0 Å². The lowest BCUT2D eigenvalue weighted by Gasteiger charge is -2.33. The van der Waals surface area contributed by atoms with Crippen LogP contribution in [0.15, 0.2) is 55.0 Å². The molecule has 126 valence electrons. The molecule has 5 nitrogen and oxygen atoms in total. The summed E-state index contributed by atoms with van der Waals surface area (Å²) in [5, 5.41) is 7.01. The quantitative estimate of drug-likeness (QED) is 0.622. The van der Waals surface area contributed by atoms with Crippen LogP contribution in [0.1, 0.15) is 24.4 Å². The van der Waals surface area contributed by atoms with Gasteiger partial charge < -0.3 is 4.98 Å². The average molecular weight is 331 g/mol. The molecule has 1 atom stereocenters. The minimum Gasteiger partial charge on any atom is -0.346 e. The number of pyridine rings is 1. The number of aromatic nitrogens is 4. The Morgan fingerprint density at radius 2 is 2.04 bits per heavy atom. The maximum absolute atomic E-state index is 4.73. The molecular formula is C20H21N5. The Balaban J connectivity index is 1.46. The Labute approximate surface area is 146 Å². The first-order valence-electron chi connectivity index (χ1n) is 8.94. The van der Waals surface area contributed by atoms with Crippen molar-refractivity contribution in [3.05, 3.63) is 60.6 Å². The van der Waals surface area contributed by atoms with E-state index in [4.69, 9.17) is 5.10 Å². The van der Waals surface area contributed by atoms with Crippen molar-refractivity contribution >= 4 is 21.9 Å². The van der Waals surface area contributed by atoms with Gasteiger partial charge in [0, 0.05) is 36.3 Å². The van der Waals surface area contributed by atoms with E-state index >= 15 is 0 Å². The highest BCUT2D eigenvalue weighted by Gasteiger charge is 2.24. The molecule has 4 heterocycles. The van der Waals surface area contributed by atoms with Gasteiger partial charge in [0.2, 0.25) is 0 Å². The maximum atomic E-state index is 4.73. The molecule has 0 amide bonds. The summed E-state index contributed by atoms with van der Waals surface area (Å²) in [4.78, 5) is 10.2. The fraction of sp³-hybridized carbons (Fsp3) is 0.300. The third-order valence-corrected chi connectivity index (χ3v) is 5.21. The van der Waals surface area contributed by atoms with Gasteiger partial charge in [-0.25, -0.2) is 4.98 Å². The van der Waals surface area contributed by atoms with Crippen LogP contribution in [-0.4, -0.2) is 37.7 Å². The van der Waals surface area contributed by atoms with Crippen molar-refractivity contribution < 1.29 is 0 Å². The van der Waals surface area contributed by atoms with Crippen LogP contribution < -0.4 is 0 Å². The summed E-state index contributed by atoms with van der Waals surface area (Å²) in [5.74, 6) is 0. The molecule has 1 unspecified atom stereocenters. The predicted molar refractivity (Wildman–Crippen MR) is 99.4 cm³/mol. The topological polar surface area (TPSA) is 49.7 Å². The molecule has 0 radical (unpaired) electrons. The fourth-order valence-electron chi connectivity index (χ4n) is 4.03. The van der Waals surface area contributed by atoms with Crippen LogP contribution in [0, 0.1) is 0 Å². The zero-order valence-corrected chi connectivity index (χ0v) is 14.1. The molecule has 0 aliphatic carbocycles. The fourth-order valence-corrected chi connectivity index (χ4v) is 4.03. The van der Waals surface area contributed by atoms with Gasteiger partial charge in [-0.05, 0) is 31.0 Å². The lowest BCUT2D eigenvalue weighted by atomic mass is 10.0. The lowest BCUT2D eigenvalue weighted by molar-refractivity contribution is 0.166. The highest BCUT2D eigenvalue weighted by Crippen LogP contribution is 2.29. The van der Waals surface area contributed by atoms with Crippen molar-refractivity contribution in [2.75, 3.05) is 13.1 Å². The first-order valence-corrected chi connectivity index (χ1v) is 8.94. The Hall–Kier alpha value is -2.66. The van der Waals surface area contributed by atoms with Gasteiger partial charge >= 0.3 is 0 Å². The molecule has 1 saturated heterocycles. The Morgan fingerprint density at radius 1 is 1.12 bits per heavy atom. The molecule has 25 heavy (non-hydrogen) atoms. The van der Waals surface area contributed by atoms with Gasteiger partial charge in [-0.2, -0.15) is 5.10 Å². The second-order valence-electron chi connectivity index (χ2n) is 6.91. The van der Waals surface area contributed by atoms with E-state index in [9.17, 15) is 0 Å². The Kier molecular flexibility index (Phi) is 3.52. The summed E-state index contributed by atoms with van der Waals surface area (Å²) < 4.78 is 2.23. The summed E-state index contributed by atoms with van der Waals surface area (Å²) in [6.07, 6.45) is 8.21. The number of nitrogens with zero attached hydrogens (tertiary/aromatic N) is 4. The number of H-pyrrole nitrogens is 1. The normalized spacial score (nSPS) is 19.0. The third-order valence-electron chi connectivity index (χ3n) is 5.21. The number of hydrogen-bond acceptors (Lipinski definition) is 3. The van der Waals surface area contributed by atoms with Crippen LogP contribution in [0.4, 0.5) is 0 Å². The van der Waals surface area contributed by atoms with E-state index in [1.54, 1.807) is 0 Å². The van der Waals surface area contributed by atoms with Crippen molar-refractivity contribution in [3.8, 4) is 0 Å². The summed E-state index contributed by atoms with van der Waals surface area (Å²) in [6, 6.07) is 13.3. The van der Waals surface area contributed by atoms with Gasteiger partial charge in [-0.1, -0.05) is 30.3 Å². The van der Waals surface area contributed by atoms with Crippen molar-refractivity contribution in [1.82, 2.24) is 24.6 Å². The summed E-state index contributed by atoms with van der Waals surface area (Å²) in [5.41, 5.74) is 3.52. The number of fused-ring (bicyclic) bond motifs is 3. The third kappa shape index (κ3) is 2.61. The summed E-state index contributed by atoms with van der Waals surface area (Å²) in [7, 11) is 0. The van der Waals surface area contributed by atoms with E-state index in [-0.39, 0.29) is 0 Å². The number of aromatic amines is 1. The first kappa shape index (κ1) is 14.7. The molecule has 4 aromatic rings. The summed E-state index contributed by atoms with van der Waals surface area (Å²) in [6.45, 7) is 3.21. The predicted octanol–water partition coefficient (Wildman–Crippen LogP) is 3.75. The van der Waals surface area contributed by atoms with E-state index in [1.165, 1.54) is 23.9 Å². The van der Waals surface area contributed by atoms with E-state index < -0.39 is 0 Å². The molecule has 5 rings (SSSR count). The van der Waals surface area contributed by atoms with E-state index in [2.05, 4.69) is 55.9 Å². The molecular weight excluding hydrogens is 310 g/mol. The molecule has 3 aromatic heterocycles. The SMILES string of the molecule is c1ccc(CN2CCCC(n3ncc4cnc5[nH]ccc5c43)C2)cc1. The highest BCUT2D eigenvalue weighted by molar-refractivity contribution is 6.02. The molecule has 1 aromatic carbocycles. The average Bonchev–Trinajstić information content (AvgIpc) is 3.29. The van der Waals surface area contributed by atoms with Gasteiger partial charge in [0.1, 0.15) is 5.65 Å². The number of likely N-dealkylation sites (tertiary alicyclic amines) is 1.